The van der Waals surface area contributed by atoms with Crippen molar-refractivity contribution in [1.82, 2.24) is 4.90 Å². The van der Waals surface area contributed by atoms with Crippen LogP contribution in [0.4, 0.5) is 4.79 Å². The van der Waals surface area contributed by atoms with Crippen LogP contribution in [0.1, 0.15) is 76.7 Å². The van der Waals surface area contributed by atoms with Gasteiger partial charge in [-0.2, -0.15) is 0 Å². The molecule has 5 heteroatoms. The van der Waals surface area contributed by atoms with Gasteiger partial charge >= 0.3 is 6.09 Å². The Hall–Kier alpha value is -1.59. The van der Waals surface area contributed by atoms with E-state index in [1.54, 1.807) is 0 Å². The zero-order valence-electron chi connectivity index (χ0n) is 17.9. The topological polar surface area (TPSA) is 59.0 Å². The number of piperidine rings is 1. The lowest BCUT2D eigenvalue weighted by Gasteiger charge is -2.51. The average Bonchev–Trinajstić information content (AvgIpc) is 2.71. The zero-order valence-corrected chi connectivity index (χ0v) is 17.9. The Balaban J connectivity index is 1.46. The minimum absolute atomic E-state index is 0.0969. The molecule has 2 aliphatic rings. The molecule has 0 aliphatic carbocycles. The Labute approximate surface area is 175 Å². The molecular weight excluding hydrogens is 366 g/mol. The van der Waals surface area contributed by atoms with Gasteiger partial charge in [-0.3, -0.25) is 4.90 Å². The second-order valence-electron chi connectivity index (χ2n) is 8.80. The first-order valence-electron chi connectivity index (χ1n) is 11.4. The number of carbonyl (C=O) groups excluding carboxylic acids is 1. The van der Waals surface area contributed by atoms with Crippen molar-refractivity contribution >= 4 is 6.09 Å². The molecule has 0 radical (unpaired) electrons. The van der Waals surface area contributed by atoms with Gasteiger partial charge in [0.05, 0.1) is 30.9 Å². The first-order chi connectivity index (χ1) is 14.1. The third kappa shape index (κ3) is 6.45. The molecule has 2 unspecified atom stereocenters. The first-order valence-corrected chi connectivity index (χ1v) is 11.4. The van der Waals surface area contributed by atoms with Crippen molar-refractivity contribution in [3.63, 3.8) is 0 Å². The van der Waals surface area contributed by atoms with E-state index in [-0.39, 0.29) is 24.8 Å². The quantitative estimate of drug-likeness (QED) is 0.555. The van der Waals surface area contributed by atoms with Crippen LogP contribution >= 0.6 is 0 Å². The van der Waals surface area contributed by atoms with E-state index in [2.05, 4.69) is 6.92 Å². The van der Waals surface area contributed by atoms with Gasteiger partial charge in [-0.1, -0.05) is 82.2 Å². The first kappa shape index (κ1) is 22.1. The number of hydrogen-bond acceptors (Lipinski definition) is 4. The van der Waals surface area contributed by atoms with Gasteiger partial charge in [-0.15, -0.1) is 0 Å². The number of carbonyl (C=O) groups is 1. The van der Waals surface area contributed by atoms with Crippen molar-refractivity contribution in [1.29, 1.82) is 0 Å². The summed E-state index contributed by atoms with van der Waals surface area (Å²) in [6, 6.07) is 9.54. The number of amides is 1. The van der Waals surface area contributed by atoms with Crippen LogP contribution in [0.25, 0.3) is 0 Å². The molecule has 1 aromatic rings. The summed E-state index contributed by atoms with van der Waals surface area (Å²) in [6.07, 6.45) is 10.4. The molecule has 1 amide bonds. The van der Waals surface area contributed by atoms with Crippen molar-refractivity contribution < 1.29 is 19.4 Å². The van der Waals surface area contributed by atoms with Crippen molar-refractivity contribution in [3.05, 3.63) is 35.9 Å². The van der Waals surface area contributed by atoms with Gasteiger partial charge in [-0.05, 0) is 24.8 Å². The maximum Gasteiger partial charge on any atom is 0.410 e. The number of nitrogens with zero attached hydrogens (tertiary/aromatic N) is 1. The van der Waals surface area contributed by atoms with E-state index in [1.807, 2.05) is 35.2 Å². The van der Waals surface area contributed by atoms with Crippen molar-refractivity contribution in [2.75, 3.05) is 13.2 Å². The van der Waals surface area contributed by atoms with Crippen LogP contribution < -0.4 is 0 Å². The number of hydrogen-bond donors (Lipinski definition) is 1. The van der Waals surface area contributed by atoms with Gasteiger partial charge < -0.3 is 14.6 Å². The van der Waals surface area contributed by atoms with Gasteiger partial charge in [0.15, 0.2) is 0 Å². The van der Waals surface area contributed by atoms with Crippen molar-refractivity contribution in [3.8, 4) is 0 Å². The highest BCUT2D eigenvalue weighted by Gasteiger charge is 2.48. The maximum absolute atomic E-state index is 12.7. The van der Waals surface area contributed by atoms with Crippen LogP contribution in [0.3, 0.4) is 0 Å². The Bertz CT molecular complexity index is 607. The van der Waals surface area contributed by atoms with Gasteiger partial charge in [0.25, 0.3) is 0 Å². The highest BCUT2D eigenvalue weighted by Crippen LogP contribution is 2.38. The monoisotopic (exact) mass is 403 g/mol. The van der Waals surface area contributed by atoms with Gasteiger partial charge in [-0.25, -0.2) is 4.79 Å². The summed E-state index contributed by atoms with van der Waals surface area (Å²) in [5, 5.41) is 11.2. The lowest BCUT2D eigenvalue weighted by molar-refractivity contribution is -0.136. The summed E-state index contributed by atoms with van der Waals surface area (Å²) in [5.41, 5.74) is 0.299. The standard InChI is InChI=1S/C24H37NO4/c1-2-3-4-5-6-7-11-14-24(27)15-21-18-28-19-22(16-24)25(21)23(26)29-17-20-12-9-8-10-13-20/h8-10,12-13,21-22,27H,2-7,11,14-19H2,1H3. The molecular formula is C24H37NO4. The molecule has 2 fully saturated rings. The van der Waals surface area contributed by atoms with E-state index in [9.17, 15) is 9.90 Å². The smallest absolute Gasteiger partial charge is 0.410 e. The highest BCUT2D eigenvalue weighted by molar-refractivity contribution is 5.69. The summed E-state index contributed by atoms with van der Waals surface area (Å²) < 4.78 is 11.3. The molecule has 0 spiro atoms. The second kappa shape index (κ2) is 11.0. The predicted molar refractivity (Wildman–Crippen MR) is 114 cm³/mol. The normalized spacial score (nSPS) is 26.3. The SMILES string of the molecule is CCCCCCCCCC1(O)CC2COCC(C1)N2C(=O)OCc1ccccc1. The van der Waals surface area contributed by atoms with Crippen LogP contribution in [0.5, 0.6) is 0 Å². The van der Waals surface area contributed by atoms with E-state index in [1.165, 1.54) is 38.5 Å². The third-order valence-electron chi connectivity index (χ3n) is 6.30. The zero-order chi connectivity index (χ0) is 20.5. The van der Waals surface area contributed by atoms with Crippen LogP contribution in [-0.2, 0) is 16.1 Å². The number of benzene rings is 1. The highest BCUT2D eigenvalue weighted by atomic mass is 16.6. The number of aliphatic hydroxyl groups is 1. The molecule has 3 rings (SSSR count). The summed E-state index contributed by atoms with van der Waals surface area (Å²) >= 11 is 0. The van der Waals surface area contributed by atoms with Crippen LogP contribution in [-0.4, -0.2) is 47.0 Å². The van der Waals surface area contributed by atoms with Crippen LogP contribution in [0, 0.1) is 0 Å². The van der Waals surface area contributed by atoms with E-state index >= 15 is 0 Å². The predicted octanol–water partition coefficient (Wildman–Crippen LogP) is 5.06. The number of fused-ring (bicyclic) bond motifs is 2. The van der Waals surface area contributed by atoms with Crippen LogP contribution in [0.2, 0.25) is 0 Å². The number of unbranched alkanes of at least 4 members (excludes halogenated alkanes) is 6. The molecule has 5 nitrogen and oxygen atoms in total. The molecule has 1 N–H and O–H groups in total. The van der Waals surface area contributed by atoms with Gasteiger partial charge in [0, 0.05) is 0 Å². The van der Waals surface area contributed by atoms with Crippen molar-refractivity contribution in [2.45, 2.75) is 95.4 Å². The molecule has 1 aromatic carbocycles. The Morgan fingerprint density at radius 1 is 1.07 bits per heavy atom. The largest absolute Gasteiger partial charge is 0.445 e. The Kier molecular flexibility index (Phi) is 8.37. The third-order valence-corrected chi connectivity index (χ3v) is 6.30. The summed E-state index contributed by atoms with van der Waals surface area (Å²) in [7, 11) is 0. The fraction of sp³-hybridized carbons (Fsp3) is 0.708. The Morgan fingerprint density at radius 3 is 2.34 bits per heavy atom. The number of rotatable bonds is 10. The number of morpholine rings is 1. The Morgan fingerprint density at radius 2 is 1.69 bits per heavy atom. The molecule has 2 bridgehead atoms. The van der Waals surface area contributed by atoms with Crippen LogP contribution in [0.15, 0.2) is 30.3 Å². The maximum atomic E-state index is 12.7. The van der Waals surface area contributed by atoms with Gasteiger partial charge in [0.2, 0.25) is 0 Å². The molecule has 2 heterocycles. The van der Waals surface area contributed by atoms with Gasteiger partial charge in [0.1, 0.15) is 6.61 Å². The lowest BCUT2D eigenvalue weighted by Crippen LogP contribution is -2.63. The fourth-order valence-electron chi connectivity index (χ4n) is 4.78. The second-order valence-corrected chi connectivity index (χ2v) is 8.80. The molecule has 2 atom stereocenters. The summed E-state index contributed by atoms with van der Waals surface area (Å²) in [4.78, 5) is 14.6. The summed E-state index contributed by atoms with van der Waals surface area (Å²) in [5.74, 6) is 0. The summed E-state index contributed by atoms with van der Waals surface area (Å²) in [6.45, 7) is 3.48. The number of ether oxygens (including phenoxy) is 2. The van der Waals surface area contributed by atoms with E-state index in [0.29, 0.717) is 26.1 Å². The minimum atomic E-state index is -0.682. The van der Waals surface area contributed by atoms with E-state index in [0.717, 1.165) is 18.4 Å². The molecule has 2 aliphatic heterocycles. The molecule has 2 saturated heterocycles. The molecule has 162 valence electrons. The molecule has 29 heavy (non-hydrogen) atoms. The van der Waals surface area contributed by atoms with Crippen molar-refractivity contribution in [2.24, 2.45) is 0 Å². The minimum Gasteiger partial charge on any atom is -0.445 e. The fourth-order valence-corrected chi connectivity index (χ4v) is 4.78. The average molecular weight is 404 g/mol. The molecule has 0 aromatic heterocycles. The molecule has 0 saturated carbocycles. The van der Waals surface area contributed by atoms with E-state index < -0.39 is 5.60 Å². The lowest BCUT2D eigenvalue weighted by atomic mass is 9.78. The van der Waals surface area contributed by atoms with E-state index in [4.69, 9.17) is 9.47 Å².